The number of carbonyl (C=O) groups excluding carboxylic acids is 2. The molecule has 0 unspecified atom stereocenters. The van der Waals surface area contributed by atoms with E-state index in [9.17, 15) is 9.59 Å². The molecule has 0 saturated carbocycles. The Morgan fingerprint density at radius 1 is 1.06 bits per heavy atom. The zero-order chi connectivity index (χ0) is 22.0. The van der Waals surface area contributed by atoms with E-state index in [1.54, 1.807) is 37.3 Å². The molecule has 0 atom stereocenters. The molecule has 0 fully saturated rings. The molecule has 9 nitrogen and oxygen atoms in total. The summed E-state index contributed by atoms with van der Waals surface area (Å²) in [7, 11) is 0. The van der Waals surface area contributed by atoms with E-state index < -0.39 is 5.91 Å². The van der Waals surface area contributed by atoms with Crippen LogP contribution in [0.3, 0.4) is 0 Å². The van der Waals surface area contributed by atoms with E-state index in [4.69, 9.17) is 21.1 Å². The van der Waals surface area contributed by atoms with Crippen molar-refractivity contribution in [3.05, 3.63) is 58.4 Å². The molecule has 4 rings (SSSR count). The third kappa shape index (κ3) is 4.61. The fourth-order valence-electron chi connectivity index (χ4n) is 3.09. The van der Waals surface area contributed by atoms with Crippen LogP contribution in [0.15, 0.2) is 36.4 Å². The summed E-state index contributed by atoms with van der Waals surface area (Å²) in [6.45, 7) is 4.39. The summed E-state index contributed by atoms with van der Waals surface area (Å²) in [5.41, 5.74) is 2.62. The summed E-state index contributed by atoms with van der Waals surface area (Å²) in [5.74, 6) is 0.474. The van der Waals surface area contributed by atoms with Crippen molar-refractivity contribution in [2.45, 2.75) is 20.4 Å². The molecule has 0 aliphatic carbocycles. The number of benzene rings is 2. The number of anilines is 2. The van der Waals surface area contributed by atoms with E-state index in [0.717, 1.165) is 5.56 Å². The first-order chi connectivity index (χ1) is 14.9. The first-order valence-corrected chi connectivity index (χ1v) is 9.95. The predicted octanol–water partition coefficient (Wildman–Crippen LogP) is 3.21. The van der Waals surface area contributed by atoms with Gasteiger partial charge in [0.15, 0.2) is 17.2 Å². The minimum atomic E-state index is -0.429. The number of halogens is 1. The third-order valence-corrected chi connectivity index (χ3v) is 5.00. The first-order valence-electron chi connectivity index (χ1n) is 9.58. The topological polar surface area (TPSA) is 107 Å². The normalized spacial score (nSPS) is 12.4. The summed E-state index contributed by atoms with van der Waals surface area (Å²) in [6.07, 6.45) is 0. The molecule has 10 heteroatoms. The Kier molecular flexibility index (Phi) is 5.77. The maximum atomic E-state index is 12.6. The molecular weight excluding hydrogens is 422 g/mol. The number of ether oxygens (including phenoxy) is 2. The number of aromatic nitrogens is 3. The Hall–Kier alpha value is -3.59. The van der Waals surface area contributed by atoms with Gasteiger partial charge >= 0.3 is 0 Å². The third-order valence-electron chi connectivity index (χ3n) is 4.76. The van der Waals surface area contributed by atoms with Crippen molar-refractivity contribution in [3.63, 3.8) is 0 Å². The second-order valence-electron chi connectivity index (χ2n) is 7.00. The Labute approximate surface area is 183 Å². The van der Waals surface area contributed by atoms with Crippen molar-refractivity contribution in [1.29, 1.82) is 0 Å². The average molecular weight is 442 g/mol. The number of nitrogens with one attached hydrogen (secondary N) is 2. The standard InChI is InChI=1S/C21H20ClN5O4/c1-12-3-4-14(22)9-16(12)24-21(29)20-13(2)27(26-25-20)11-19(28)23-15-5-6-17-18(10-15)31-8-7-30-17/h3-6,9-10H,7-8,11H2,1-2H3,(H,23,28)(H,24,29). The monoisotopic (exact) mass is 441 g/mol. The van der Waals surface area contributed by atoms with Crippen LogP contribution in [0.1, 0.15) is 21.7 Å². The van der Waals surface area contributed by atoms with Gasteiger partial charge in [0.1, 0.15) is 19.8 Å². The molecular formula is C21H20ClN5O4. The van der Waals surface area contributed by atoms with Gasteiger partial charge in [-0.25, -0.2) is 4.68 Å². The Morgan fingerprint density at radius 3 is 2.65 bits per heavy atom. The molecule has 31 heavy (non-hydrogen) atoms. The molecule has 160 valence electrons. The summed E-state index contributed by atoms with van der Waals surface area (Å²) in [5, 5.41) is 13.9. The van der Waals surface area contributed by atoms with Gasteiger partial charge in [-0.2, -0.15) is 0 Å². The van der Waals surface area contributed by atoms with E-state index >= 15 is 0 Å². The first kappa shape index (κ1) is 20.7. The summed E-state index contributed by atoms with van der Waals surface area (Å²) >= 11 is 6.00. The molecule has 0 saturated heterocycles. The molecule has 0 bridgehead atoms. The van der Waals surface area contributed by atoms with Crippen molar-refractivity contribution in [2.75, 3.05) is 23.8 Å². The van der Waals surface area contributed by atoms with Crippen LogP contribution in [-0.4, -0.2) is 40.0 Å². The quantitative estimate of drug-likeness (QED) is 0.629. The van der Waals surface area contributed by atoms with E-state index in [2.05, 4.69) is 20.9 Å². The van der Waals surface area contributed by atoms with Crippen LogP contribution in [0.4, 0.5) is 11.4 Å². The van der Waals surface area contributed by atoms with Gasteiger partial charge in [-0.15, -0.1) is 5.10 Å². The van der Waals surface area contributed by atoms with E-state index in [0.29, 0.717) is 46.8 Å². The van der Waals surface area contributed by atoms with Crippen LogP contribution in [0, 0.1) is 13.8 Å². The minimum absolute atomic E-state index is 0.100. The van der Waals surface area contributed by atoms with Crippen LogP contribution >= 0.6 is 11.6 Å². The lowest BCUT2D eigenvalue weighted by Gasteiger charge is -2.19. The van der Waals surface area contributed by atoms with E-state index in [1.165, 1.54) is 4.68 Å². The number of carbonyl (C=O) groups is 2. The Morgan fingerprint density at radius 2 is 1.84 bits per heavy atom. The molecule has 2 N–H and O–H groups in total. The Bertz CT molecular complexity index is 1160. The predicted molar refractivity (Wildman–Crippen MR) is 115 cm³/mol. The highest BCUT2D eigenvalue weighted by Gasteiger charge is 2.19. The average Bonchev–Trinajstić information content (AvgIpc) is 3.10. The van der Waals surface area contributed by atoms with E-state index in [-0.39, 0.29) is 18.1 Å². The van der Waals surface area contributed by atoms with Crippen LogP contribution in [0.25, 0.3) is 0 Å². The van der Waals surface area contributed by atoms with Gasteiger partial charge in [0, 0.05) is 22.5 Å². The van der Waals surface area contributed by atoms with Gasteiger partial charge in [-0.1, -0.05) is 22.9 Å². The highest BCUT2D eigenvalue weighted by Crippen LogP contribution is 2.32. The molecule has 0 spiro atoms. The number of rotatable bonds is 5. The number of aryl methyl sites for hydroxylation is 1. The zero-order valence-corrected chi connectivity index (χ0v) is 17.7. The van der Waals surface area contributed by atoms with Gasteiger partial charge in [0.05, 0.1) is 5.69 Å². The number of hydrogen-bond acceptors (Lipinski definition) is 6. The second kappa shape index (κ2) is 8.65. The molecule has 2 amide bonds. The lowest BCUT2D eigenvalue weighted by atomic mass is 10.2. The van der Waals surface area contributed by atoms with Crippen LogP contribution in [0.2, 0.25) is 5.02 Å². The lowest BCUT2D eigenvalue weighted by molar-refractivity contribution is -0.117. The smallest absolute Gasteiger partial charge is 0.278 e. The highest BCUT2D eigenvalue weighted by molar-refractivity contribution is 6.31. The minimum Gasteiger partial charge on any atom is -0.486 e. The lowest BCUT2D eigenvalue weighted by Crippen LogP contribution is -2.21. The Balaban J connectivity index is 1.42. The van der Waals surface area contributed by atoms with Gasteiger partial charge in [-0.05, 0) is 43.7 Å². The summed E-state index contributed by atoms with van der Waals surface area (Å²) < 4.78 is 12.4. The van der Waals surface area contributed by atoms with Gasteiger partial charge in [-0.3, -0.25) is 9.59 Å². The van der Waals surface area contributed by atoms with Crippen LogP contribution < -0.4 is 20.1 Å². The number of amides is 2. The SMILES string of the molecule is Cc1ccc(Cl)cc1NC(=O)c1nnn(CC(=O)Nc2ccc3c(c2)OCCO3)c1C. The highest BCUT2D eigenvalue weighted by atomic mass is 35.5. The van der Waals surface area contributed by atoms with E-state index in [1.807, 2.05) is 13.0 Å². The largest absolute Gasteiger partial charge is 0.486 e. The van der Waals surface area contributed by atoms with Gasteiger partial charge < -0.3 is 20.1 Å². The number of nitrogens with zero attached hydrogens (tertiary/aromatic N) is 3. The van der Waals surface area contributed by atoms with Crippen molar-refractivity contribution in [3.8, 4) is 11.5 Å². The second-order valence-corrected chi connectivity index (χ2v) is 7.44. The molecule has 1 aliphatic rings. The number of hydrogen-bond donors (Lipinski definition) is 2. The van der Waals surface area contributed by atoms with Crippen molar-refractivity contribution >= 4 is 34.8 Å². The molecule has 0 radical (unpaired) electrons. The fraction of sp³-hybridized carbons (Fsp3) is 0.238. The fourth-order valence-corrected chi connectivity index (χ4v) is 3.26. The molecule has 2 heterocycles. The summed E-state index contributed by atoms with van der Waals surface area (Å²) in [6, 6.07) is 10.4. The van der Waals surface area contributed by atoms with Gasteiger partial charge in [0.25, 0.3) is 5.91 Å². The van der Waals surface area contributed by atoms with Crippen LogP contribution in [0.5, 0.6) is 11.5 Å². The molecule has 1 aliphatic heterocycles. The van der Waals surface area contributed by atoms with Crippen molar-refractivity contribution in [2.24, 2.45) is 0 Å². The number of fused-ring (bicyclic) bond motifs is 1. The van der Waals surface area contributed by atoms with Crippen molar-refractivity contribution < 1.29 is 19.1 Å². The van der Waals surface area contributed by atoms with Gasteiger partial charge in [0.2, 0.25) is 5.91 Å². The summed E-state index contributed by atoms with van der Waals surface area (Å²) in [4.78, 5) is 25.1. The van der Waals surface area contributed by atoms with Crippen molar-refractivity contribution in [1.82, 2.24) is 15.0 Å². The maximum absolute atomic E-state index is 12.6. The molecule has 3 aromatic rings. The molecule has 1 aromatic heterocycles. The van der Waals surface area contributed by atoms with Crippen LogP contribution in [-0.2, 0) is 11.3 Å². The maximum Gasteiger partial charge on any atom is 0.278 e. The molecule has 2 aromatic carbocycles. The zero-order valence-electron chi connectivity index (χ0n) is 16.9.